The summed E-state index contributed by atoms with van der Waals surface area (Å²) >= 11 is 0. The van der Waals surface area contributed by atoms with Gasteiger partial charge >= 0.3 is 5.69 Å². The Hall–Kier alpha value is -3.39. The van der Waals surface area contributed by atoms with Crippen LogP contribution in [0.25, 0.3) is 5.69 Å². The molecule has 1 N–H and O–H groups in total. The second kappa shape index (κ2) is 10.9. The molecule has 8 heteroatoms. The lowest BCUT2D eigenvalue weighted by atomic mass is 10.0. The smallest absolute Gasteiger partial charge is 0.350 e. The van der Waals surface area contributed by atoms with Crippen LogP contribution >= 0.6 is 0 Å². The van der Waals surface area contributed by atoms with E-state index in [9.17, 15) is 9.59 Å². The molecule has 3 aromatic rings. The standard InChI is InChI=1S/C27H36N6O2/c1-20(2)18-28-26(34)25(22-8-6-5-7-9-22)31-16-14-30(15-17-31)23-10-12-24(13-11-23)33-27(35)32(19-29-33)21(3)4/h5-13,19-21,25H,14-18H2,1-4H3,(H,28,34). The molecule has 1 unspecified atom stereocenters. The van der Waals surface area contributed by atoms with Crippen molar-refractivity contribution in [2.75, 3.05) is 37.6 Å². The molecule has 1 fully saturated rings. The number of rotatable bonds is 8. The van der Waals surface area contributed by atoms with Gasteiger partial charge in [0.15, 0.2) is 0 Å². The number of nitrogens with one attached hydrogen (secondary N) is 1. The fourth-order valence-corrected chi connectivity index (χ4v) is 4.45. The minimum Gasteiger partial charge on any atom is -0.369 e. The lowest BCUT2D eigenvalue weighted by molar-refractivity contribution is -0.127. The van der Waals surface area contributed by atoms with E-state index in [2.05, 4.69) is 34.1 Å². The van der Waals surface area contributed by atoms with Crippen LogP contribution in [-0.2, 0) is 4.79 Å². The zero-order valence-electron chi connectivity index (χ0n) is 21.1. The van der Waals surface area contributed by atoms with Crippen LogP contribution in [0.2, 0.25) is 0 Å². The SMILES string of the molecule is CC(C)CNC(=O)C(c1ccccc1)N1CCN(c2ccc(-n3ncn(C(C)C)c3=O)cc2)CC1. The lowest BCUT2D eigenvalue weighted by Gasteiger charge is -2.40. The van der Waals surface area contributed by atoms with Crippen molar-refractivity contribution in [1.29, 1.82) is 0 Å². The van der Waals surface area contributed by atoms with Gasteiger partial charge in [-0.2, -0.15) is 9.78 Å². The first-order valence-corrected chi connectivity index (χ1v) is 12.4. The summed E-state index contributed by atoms with van der Waals surface area (Å²) in [5.74, 6) is 0.471. The number of carbonyl (C=O) groups is 1. The predicted octanol–water partition coefficient (Wildman–Crippen LogP) is 3.25. The van der Waals surface area contributed by atoms with Gasteiger partial charge in [-0.3, -0.25) is 14.3 Å². The van der Waals surface area contributed by atoms with Crippen molar-refractivity contribution in [2.24, 2.45) is 5.92 Å². The van der Waals surface area contributed by atoms with Gasteiger partial charge < -0.3 is 10.2 Å². The maximum atomic E-state index is 13.1. The fraction of sp³-hybridized carbons (Fsp3) is 0.444. The van der Waals surface area contributed by atoms with Gasteiger partial charge in [0.1, 0.15) is 12.4 Å². The number of aromatic nitrogens is 3. The molecule has 1 saturated heterocycles. The molecule has 0 aliphatic carbocycles. The highest BCUT2D eigenvalue weighted by Gasteiger charge is 2.30. The summed E-state index contributed by atoms with van der Waals surface area (Å²) in [5, 5.41) is 7.38. The molecule has 1 atom stereocenters. The minimum absolute atomic E-state index is 0.0639. The van der Waals surface area contributed by atoms with E-state index in [4.69, 9.17) is 0 Å². The van der Waals surface area contributed by atoms with E-state index in [1.165, 1.54) is 4.68 Å². The summed E-state index contributed by atoms with van der Waals surface area (Å²) in [6.07, 6.45) is 1.58. The molecule has 0 radical (unpaired) electrons. The fourth-order valence-electron chi connectivity index (χ4n) is 4.45. The van der Waals surface area contributed by atoms with Crippen molar-refractivity contribution < 1.29 is 4.79 Å². The van der Waals surface area contributed by atoms with Gasteiger partial charge in [0.2, 0.25) is 5.91 Å². The largest absolute Gasteiger partial charge is 0.369 e. The number of anilines is 1. The minimum atomic E-state index is -0.289. The van der Waals surface area contributed by atoms with Gasteiger partial charge in [-0.1, -0.05) is 44.2 Å². The first-order valence-electron chi connectivity index (χ1n) is 12.4. The third-order valence-corrected chi connectivity index (χ3v) is 6.44. The Morgan fingerprint density at radius 2 is 1.54 bits per heavy atom. The summed E-state index contributed by atoms with van der Waals surface area (Å²) < 4.78 is 3.05. The monoisotopic (exact) mass is 476 g/mol. The zero-order chi connectivity index (χ0) is 24.9. The van der Waals surface area contributed by atoms with Crippen molar-refractivity contribution in [1.82, 2.24) is 24.6 Å². The molecule has 0 saturated carbocycles. The lowest BCUT2D eigenvalue weighted by Crippen LogP contribution is -2.51. The van der Waals surface area contributed by atoms with E-state index in [-0.39, 0.29) is 23.7 Å². The summed E-state index contributed by atoms with van der Waals surface area (Å²) in [6, 6.07) is 17.8. The molecule has 0 bridgehead atoms. The molecule has 2 heterocycles. The summed E-state index contributed by atoms with van der Waals surface area (Å²) in [4.78, 5) is 30.3. The number of piperazine rings is 1. The Bertz CT molecular complexity index is 1160. The quantitative estimate of drug-likeness (QED) is 0.540. The number of benzene rings is 2. The Morgan fingerprint density at radius 3 is 2.11 bits per heavy atom. The molecule has 1 aliphatic rings. The second-order valence-corrected chi connectivity index (χ2v) is 9.82. The number of carbonyl (C=O) groups excluding carboxylic acids is 1. The number of amides is 1. The Balaban J connectivity index is 1.44. The Kier molecular flexibility index (Phi) is 7.70. The molecule has 0 spiro atoms. The molecular weight excluding hydrogens is 440 g/mol. The number of nitrogens with zero attached hydrogens (tertiary/aromatic N) is 5. The van der Waals surface area contributed by atoms with E-state index >= 15 is 0 Å². The summed E-state index contributed by atoms with van der Waals surface area (Å²) in [5.41, 5.74) is 2.75. The molecule has 1 amide bonds. The molecule has 1 aromatic heterocycles. The molecule has 8 nitrogen and oxygen atoms in total. The molecule has 2 aromatic carbocycles. The van der Waals surface area contributed by atoms with Gasteiger partial charge in [-0.15, -0.1) is 0 Å². The zero-order valence-corrected chi connectivity index (χ0v) is 21.1. The molecule has 35 heavy (non-hydrogen) atoms. The second-order valence-electron chi connectivity index (χ2n) is 9.82. The van der Waals surface area contributed by atoms with Crippen molar-refractivity contribution in [3.63, 3.8) is 0 Å². The van der Waals surface area contributed by atoms with Crippen LogP contribution in [0.5, 0.6) is 0 Å². The van der Waals surface area contributed by atoms with Gasteiger partial charge in [-0.25, -0.2) is 4.79 Å². The highest BCUT2D eigenvalue weighted by Crippen LogP contribution is 2.25. The van der Waals surface area contributed by atoms with E-state index in [1.54, 1.807) is 10.9 Å². The van der Waals surface area contributed by atoms with Crippen LogP contribution in [-0.4, -0.2) is 57.9 Å². The predicted molar refractivity (Wildman–Crippen MR) is 139 cm³/mol. The highest BCUT2D eigenvalue weighted by molar-refractivity contribution is 5.83. The van der Waals surface area contributed by atoms with E-state index in [1.807, 2.05) is 68.4 Å². The third-order valence-electron chi connectivity index (χ3n) is 6.44. The average molecular weight is 477 g/mol. The normalized spacial score (nSPS) is 15.5. The van der Waals surface area contributed by atoms with E-state index in [0.29, 0.717) is 12.5 Å². The number of hydrogen-bond acceptors (Lipinski definition) is 5. The molecular formula is C27H36N6O2. The van der Waals surface area contributed by atoms with Crippen LogP contribution in [0, 0.1) is 5.92 Å². The maximum Gasteiger partial charge on any atom is 0.350 e. The van der Waals surface area contributed by atoms with Crippen LogP contribution in [0.4, 0.5) is 5.69 Å². The highest BCUT2D eigenvalue weighted by atomic mass is 16.2. The van der Waals surface area contributed by atoms with Crippen LogP contribution in [0.1, 0.15) is 45.3 Å². The average Bonchev–Trinajstić information content (AvgIpc) is 3.26. The number of hydrogen-bond donors (Lipinski definition) is 1. The topological polar surface area (TPSA) is 75.4 Å². The van der Waals surface area contributed by atoms with Crippen LogP contribution < -0.4 is 15.9 Å². The van der Waals surface area contributed by atoms with E-state index in [0.717, 1.165) is 43.1 Å². The van der Waals surface area contributed by atoms with Crippen molar-refractivity contribution in [3.05, 3.63) is 77.0 Å². The Labute approximate surface area is 207 Å². The van der Waals surface area contributed by atoms with Gasteiger partial charge in [-0.05, 0) is 49.6 Å². The van der Waals surface area contributed by atoms with Crippen LogP contribution in [0.15, 0.2) is 65.7 Å². The molecule has 186 valence electrons. The third kappa shape index (κ3) is 5.65. The van der Waals surface area contributed by atoms with Crippen LogP contribution in [0.3, 0.4) is 0 Å². The van der Waals surface area contributed by atoms with E-state index < -0.39 is 0 Å². The van der Waals surface area contributed by atoms with Crippen molar-refractivity contribution >= 4 is 11.6 Å². The van der Waals surface area contributed by atoms with Gasteiger partial charge in [0.25, 0.3) is 0 Å². The van der Waals surface area contributed by atoms with Crippen molar-refractivity contribution in [2.45, 2.75) is 39.8 Å². The molecule has 1 aliphatic heterocycles. The summed E-state index contributed by atoms with van der Waals surface area (Å²) in [6.45, 7) is 12.0. The Morgan fingerprint density at radius 1 is 0.914 bits per heavy atom. The van der Waals surface area contributed by atoms with Crippen molar-refractivity contribution in [3.8, 4) is 5.69 Å². The maximum absolute atomic E-state index is 13.1. The molecule has 4 rings (SSSR count). The first-order chi connectivity index (χ1) is 16.8. The first kappa shape index (κ1) is 24.7. The van der Waals surface area contributed by atoms with Gasteiger partial charge in [0.05, 0.1) is 5.69 Å². The summed E-state index contributed by atoms with van der Waals surface area (Å²) in [7, 11) is 0. The van der Waals surface area contributed by atoms with Gasteiger partial charge in [0, 0.05) is 44.5 Å².